The van der Waals surface area contributed by atoms with Gasteiger partial charge in [0.1, 0.15) is 6.04 Å². The summed E-state index contributed by atoms with van der Waals surface area (Å²) in [7, 11) is 0. The standard InChI is InChI=1S/C11H17NO5/c13-10(9-7-16-5-6-17-9)12-4-2-1-3-8(12)11(14)15/h8-9H,1-7H2,(H,14,15)/t8-,9-/m0/s1. The summed E-state index contributed by atoms with van der Waals surface area (Å²) in [6.45, 7) is 1.60. The predicted octanol–water partition coefficient (Wildman–Crippen LogP) is -0.133. The van der Waals surface area contributed by atoms with Crippen molar-refractivity contribution in [2.75, 3.05) is 26.4 Å². The molecule has 0 spiro atoms. The number of hydrogen-bond donors (Lipinski definition) is 1. The van der Waals surface area contributed by atoms with Crippen LogP contribution in [-0.4, -0.2) is 60.4 Å². The lowest BCUT2D eigenvalue weighted by Gasteiger charge is -2.36. The highest BCUT2D eigenvalue weighted by Crippen LogP contribution is 2.19. The van der Waals surface area contributed by atoms with Crippen molar-refractivity contribution >= 4 is 11.9 Å². The van der Waals surface area contributed by atoms with Crippen LogP contribution < -0.4 is 0 Å². The van der Waals surface area contributed by atoms with Crippen LogP contribution in [0.5, 0.6) is 0 Å². The van der Waals surface area contributed by atoms with Crippen LogP contribution in [0.25, 0.3) is 0 Å². The number of amides is 1. The van der Waals surface area contributed by atoms with Gasteiger partial charge < -0.3 is 19.5 Å². The lowest BCUT2D eigenvalue weighted by molar-refractivity contribution is -0.167. The molecule has 0 radical (unpaired) electrons. The number of nitrogens with zero attached hydrogens (tertiary/aromatic N) is 1. The fourth-order valence-electron chi connectivity index (χ4n) is 2.27. The van der Waals surface area contributed by atoms with E-state index in [1.807, 2.05) is 0 Å². The molecule has 0 aliphatic carbocycles. The summed E-state index contributed by atoms with van der Waals surface area (Å²) in [5.41, 5.74) is 0. The number of carbonyl (C=O) groups excluding carboxylic acids is 1. The maximum absolute atomic E-state index is 12.1. The topological polar surface area (TPSA) is 76.1 Å². The maximum Gasteiger partial charge on any atom is 0.326 e. The minimum Gasteiger partial charge on any atom is -0.480 e. The summed E-state index contributed by atoms with van der Waals surface area (Å²) < 4.78 is 10.5. The molecule has 2 heterocycles. The molecule has 6 nitrogen and oxygen atoms in total. The quantitative estimate of drug-likeness (QED) is 0.731. The molecule has 1 N–H and O–H groups in total. The second-order valence-electron chi connectivity index (χ2n) is 4.32. The summed E-state index contributed by atoms with van der Waals surface area (Å²) >= 11 is 0. The van der Waals surface area contributed by atoms with Crippen LogP contribution in [0.1, 0.15) is 19.3 Å². The van der Waals surface area contributed by atoms with Crippen molar-refractivity contribution in [3.63, 3.8) is 0 Å². The van der Waals surface area contributed by atoms with Crippen LogP contribution in [0, 0.1) is 0 Å². The van der Waals surface area contributed by atoms with Crippen LogP contribution in [0.3, 0.4) is 0 Å². The minimum absolute atomic E-state index is 0.224. The molecule has 96 valence electrons. The van der Waals surface area contributed by atoms with Crippen LogP contribution in [0.15, 0.2) is 0 Å². The third-order valence-electron chi connectivity index (χ3n) is 3.16. The van der Waals surface area contributed by atoms with E-state index >= 15 is 0 Å². The van der Waals surface area contributed by atoms with E-state index in [2.05, 4.69) is 0 Å². The first-order chi connectivity index (χ1) is 8.20. The van der Waals surface area contributed by atoms with Gasteiger partial charge in [0.2, 0.25) is 0 Å². The number of carboxylic acids is 1. The average Bonchev–Trinajstić information content (AvgIpc) is 2.39. The molecule has 2 fully saturated rings. The fraction of sp³-hybridized carbons (Fsp3) is 0.818. The maximum atomic E-state index is 12.1. The third-order valence-corrected chi connectivity index (χ3v) is 3.16. The Morgan fingerprint density at radius 1 is 1.24 bits per heavy atom. The van der Waals surface area contributed by atoms with Gasteiger partial charge in [-0.15, -0.1) is 0 Å². The summed E-state index contributed by atoms with van der Waals surface area (Å²) in [5, 5.41) is 9.09. The molecule has 2 rings (SSSR count). The highest BCUT2D eigenvalue weighted by molar-refractivity contribution is 5.86. The molecule has 0 aromatic heterocycles. The molecule has 6 heteroatoms. The predicted molar refractivity (Wildman–Crippen MR) is 57.5 cm³/mol. The highest BCUT2D eigenvalue weighted by atomic mass is 16.6. The van der Waals surface area contributed by atoms with Crippen LogP contribution in [-0.2, 0) is 19.1 Å². The van der Waals surface area contributed by atoms with E-state index in [1.54, 1.807) is 0 Å². The molecule has 2 saturated heterocycles. The van der Waals surface area contributed by atoms with Crippen LogP contribution in [0.4, 0.5) is 0 Å². The summed E-state index contributed by atoms with van der Waals surface area (Å²) in [5.74, 6) is -1.19. The van der Waals surface area contributed by atoms with Gasteiger partial charge >= 0.3 is 5.97 Å². The molecule has 0 unspecified atom stereocenters. The van der Waals surface area contributed by atoms with Crippen molar-refractivity contribution in [2.45, 2.75) is 31.4 Å². The zero-order valence-corrected chi connectivity index (χ0v) is 9.63. The Balaban J connectivity index is 2.02. The second kappa shape index (κ2) is 5.46. The third kappa shape index (κ3) is 2.76. The molecule has 2 atom stereocenters. The molecule has 0 aromatic rings. The number of aliphatic carboxylic acids is 1. The zero-order valence-electron chi connectivity index (χ0n) is 9.63. The van der Waals surface area contributed by atoms with Gasteiger partial charge in [-0.3, -0.25) is 4.79 Å². The van der Waals surface area contributed by atoms with E-state index in [1.165, 1.54) is 4.90 Å². The number of rotatable bonds is 2. The highest BCUT2D eigenvalue weighted by Gasteiger charge is 2.36. The fourth-order valence-corrected chi connectivity index (χ4v) is 2.27. The van der Waals surface area contributed by atoms with E-state index < -0.39 is 18.1 Å². The Hall–Kier alpha value is -1.14. The molecular weight excluding hydrogens is 226 g/mol. The van der Waals surface area contributed by atoms with Crippen LogP contribution in [0.2, 0.25) is 0 Å². The Morgan fingerprint density at radius 3 is 2.71 bits per heavy atom. The minimum atomic E-state index is -0.935. The van der Waals surface area contributed by atoms with Crippen LogP contribution >= 0.6 is 0 Å². The summed E-state index contributed by atoms with van der Waals surface area (Å²) in [6.07, 6.45) is 1.59. The van der Waals surface area contributed by atoms with Crippen molar-refractivity contribution in [2.24, 2.45) is 0 Å². The van der Waals surface area contributed by atoms with E-state index in [9.17, 15) is 9.59 Å². The number of carbonyl (C=O) groups is 2. The van der Waals surface area contributed by atoms with Gasteiger partial charge in [-0.2, -0.15) is 0 Å². The van der Waals surface area contributed by atoms with E-state index in [0.29, 0.717) is 26.2 Å². The van der Waals surface area contributed by atoms with Gasteiger partial charge in [-0.05, 0) is 19.3 Å². The van der Waals surface area contributed by atoms with Crippen molar-refractivity contribution in [3.05, 3.63) is 0 Å². The molecule has 0 bridgehead atoms. The van der Waals surface area contributed by atoms with Gasteiger partial charge in [0, 0.05) is 6.54 Å². The van der Waals surface area contributed by atoms with Crippen molar-refractivity contribution < 1.29 is 24.2 Å². The summed E-state index contributed by atoms with van der Waals surface area (Å²) in [6, 6.07) is -0.707. The number of likely N-dealkylation sites (tertiary alicyclic amines) is 1. The van der Waals surface area contributed by atoms with Gasteiger partial charge in [0.25, 0.3) is 5.91 Å². The number of piperidine rings is 1. The van der Waals surface area contributed by atoms with Gasteiger partial charge in [-0.1, -0.05) is 0 Å². The Labute approximate surface area is 99.5 Å². The number of ether oxygens (including phenoxy) is 2. The van der Waals surface area contributed by atoms with E-state index in [-0.39, 0.29) is 12.5 Å². The Morgan fingerprint density at radius 2 is 2.06 bits per heavy atom. The largest absolute Gasteiger partial charge is 0.480 e. The van der Waals surface area contributed by atoms with Gasteiger partial charge in [0.15, 0.2) is 6.10 Å². The first-order valence-electron chi connectivity index (χ1n) is 5.93. The number of hydrogen-bond acceptors (Lipinski definition) is 4. The molecular formula is C11H17NO5. The lowest BCUT2D eigenvalue weighted by atomic mass is 10.0. The molecule has 0 saturated carbocycles. The average molecular weight is 243 g/mol. The molecule has 0 aromatic carbocycles. The van der Waals surface area contributed by atoms with Crippen molar-refractivity contribution in [1.82, 2.24) is 4.90 Å². The van der Waals surface area contributed by atoms with E-state index in [0.717, 1.165) is 12.8 Å². The normalized spacial score (nSPS) is 30.0. The zero-order chi connectivity index (χ0) is 12.3. The van der Waals surface area contributed by atoms with Crippen molar-refractivity contribution in [1.29, 1.82) is 0 Å². The molecule has 1 amide bonds. The monoisotopic (exact) mass is 243 g/mol. The first-order valence-corrected chi connectivity index (χ1v) is 5.93. The molecule has 17 heavy (non-hydrogen) atoms. The van der Waals surface area contributed by atoms with E-state index in [4.69, 9.17) is 14.6 Å². The smallest absolute Gasteiger partial charge is 0.326 e. The van der Waals surface area contributed by atoms with Gasteiger partial charge in [0.05, 0.1) is 19.8 Å². The lowest BCUT2D eigenvalue weighted by Crippen LogP contribution is -2.53. The Kier molecular flexibility index (Phi) is 3.96. The summed E-state index contributed by atoms with van der Waals surface area (Å²) in [4.78, 5) is 24.6. The first kappa shape index (κ1) is 12.3. The van der Waals surface area contributed by atoms with Crippen molar-refractivity contribution in [3.8, 4) is 0 Å². The molecule has 2 aliphatic heterocycles. The Bertz CT molecular complexity index is 300. The SMILES string of the molecule is O=C(O)[C@@H]1CCCCN1C(=O)[C@@H]1COCCO1. The van der Waals surface area contributed by atoms with Gasteiger partial charge in [-0.25, -0.2) is 4.79 Å². The second-order valence-corrected chi connectivity index (χ2v) is 4.32. The number of carboxylic acid groups (broad SMARTS) is 1. The molecule has 2 aliphatic rings.